The third-order valence-electron chi connectivity index (χ3n) is 4.35. The van der Waals surface area contributed by atoms with Gasteiger partial charge >= 0.3 is 0 Å². The molecule has 0 spiro atoms. The number of carbonyl (C=O) groups is 2. The molecule has 160 valence electrons. The Kier molecular flexibility index (Phi) is 8.07. The maximum Gasteiger partial charge on any atom is 0.272 e. The Labute approximate surface area is 190 Å². The molecule has 0 fully saturated rings. The molecule has 0 atom stereocenters. The first-order chi connectivity index (χ1) is 15.6. The van der Waals surface area contributed by atoms with Gasteiger partial charge in [0.25, 0.3) is 11.8 Å². The minimum absolute atomic E-state index is 0.0926. The van der Waals surface area contributed by atoms with Crippen molar-refractivity contribution in [2.45, 2.75) is 4.90 Å². The molecule has 0 aliphatic rings. The molecule has 2 N–H and O–H groups in total. The molecule has 0 aliphatic carbocycles. The van der Waals surface area contributed by atoms with Crippen LogP contribution in [0.2, 0.25) is 0 Å². The number of methoxy groups -OCH3 is 1. The number of benzene rings is 3. The van der Waals surface area contributed by atoms with E-state index >= 15 is 0 Å². The van der Waals surface area contributed by atoms with E-state index in [1.54, 1.807) is 67.8 Å². The van der Waals surface area contributed by atoms with E-state index in [0.29, 0.717) is 28.3 Å². The van der Waals surface area contributed by atoms with Gasteiger partial charge in [0.15, 0.2) is 0 Å². The zero-order valence-electron chi connectivity index (χ0n) is 17.4. The van der Waals surface area contributed by atoms with Gasteiger partial charge in [-0.25, -0.2) is 0 Å². The Hall–Kier alpha value is -4.02. The summed E-state index contributed by atoms with van der Waals surface area (Å²) in [4.78, 5) is 26.6. The van der Waals surface area contributed by atoms with E-state index in [4.69, 9.17) is 10.00 Å². The second-order valence-electron chi connectivity index (χ2n) is 6.58. The predicted molar refractivity (Wildman–Crippen MR) is 126 cm³/mol. The monoisotopic (exact) mass is 443 g/mol. The maximum atomic E-state index is 13.0. The average molecular weight is 444 g/mol. The molecule has 3 rings (SSSR count). The minimum atomic E-state index is -0.463. The molecule has 0 heterocycles. The van der Waals surface area contributed by atoms with Crippen molar-refractivity contribution in [3.63, 3.8) is 0 Å². The van der Waals surface area contributed by atoms with Crippen LogP contribution in [0.4, 0.5) is 5.69 Å². The third-order valence-corrected chi connectivity index (χ3v) is 5.23. The van der Waals surface area contributed by atoms with Crippen molar-refractivity contribution in [3.05, 3.63) is 95.7 Å². The van der Waals surface area contributed by atoms with Crippen LogP contribution >= 0.6 is 11.8 Å². The second kappa shape index (κ2) is 11.4. The van der Waals surface area contributed by atoms with Crippen LogP contribution in [0.3, 0.4) is 0 Å². The first-order valence-electron chi connectivity index (χ1n) is 9.72. The van der Waals surface area contributed by atoms with Crippen molar-refractivity contribution < 1.29 is 14.3 Å². The highest BCUT2D eigenvalue weighted by molar-refractivity contribution is 7.99. The van der Waals surface area contributed by atoms with Gasteiger partial charge in [0.1, 0.15) is 11.4 Å². The fourth-order valence-corrected chi connectivity index (χ4v) is 3.35. The number of carbonyl (C=O) groups excluding carboxylic acids is 2. The fourth-order valence-electron chi connectivity index (χ4n) is 2.79. The van der Waals surface area contributed by atoms with E-state index < -0.39 is 11.8 Å². The Morgan fingerprint density at radius 1 is 1.03 bits per heavy atom. The molecule has 3 aromatic carbocycles. The van der Waals surface area contributed by atoms with Crippen molar-refractivity contribution in [3.8, 4) is 11.8 Å². The number of hydrogen-bond donors (Lipinski definition) is 2. The topological polar surface area (TPSA) is 91.2 Å². The van der Waals surface area contributed by atoms with E-state index in [0.717, 1.165) is 4.90 Å². The summed E-state index contributed by atoms with van der Waals surface area (Å²) < 4.78 is 5.24. The van der Waals surface area contributed by atoms with Gasteiger partial charge in [-0.3, -0.25) is 9.59 Å². The number of nitrogens with zero attached hydrogens (tertiary/aromatic N) is 1. The second-order valence-corrected chi connectivity index (χ2v) is 7.63. The summed E-state index contributed by atoms with van der Waals surface area (Å²) in [5, 5.41) is 14.2. The molecule has 0 bridgehead atoms. The minimum Gasteiger partial charge on any atom is -0.497 e. The molecule has 0 saturated heterocycles. The van der Waals surface area contributed by atoms with Gasteiger partial charge in [-0.2, -0.15) is 5.26 Å². The van der Waals surface area contributed by atoms with E-state index in [1.165, 1.54) is 11.8 Å². The van der Waals surface area contributed by atoms with Gasteiger partial charge in [-0.1, -0.05) is 30.3 Å². The summed E-state index contributed by atoms with van der Waals surface area (Å²) in [5.41, 5.74) is 1.80. The standard InChI is InChI=1S/C25H21N3O3S/c1-31-21-9-5-6-18(16-21)17-23(28-24(29)19-7-3-2-4-8-19)25(30)27-20-10-12-22(13-11-20)32-15-14-26/h2-13,16-17H,15H2,1H3,(H,27,30)(H,28,29)/b23-17-. The molecule has 3 aromatic rings. The molecule has 0 radical (unpaired) electrons. The lowest BCUT2D eigenvalue weighted by Gasteiger charge is -2.12. The van der Waals surface area contributed by atoms with E-state index in [2.05, 4.69) is 16.7 Å². The number of hydrogen-bond acceptors (Lipinski definition) is 5. The molecule has 2 amide bonds. The van der Waals surface area contributed by atoms with Crippen LogP contribution in [0.1, 0.15) is 15.9 Å². The van der Waals surface area contributed by atoms with E-state index in [-0.39, 0.29) is 5.70 Å². The van der Waals surface area contributed by atoms with Crippen molar-refractivity contribution >= 4 is 35.3 Å². The summed E-state index contributed by atoms with van der Waals surface area (Å²) in [7, 11) is 1.56. The largest absolute Gasteiger partial charge is 0.497 e. The molecular weight excluding hydrogens is 422 g/mol. The molecule has 0 aromatic heterocycles. The quantitative estimate of drug-likeness (QED) is 0.388. The summed E-state index contributed by atoms with van der Waals surface area (Å²) in [6, 6.07) is 25.1. The molecule has 0 aliphatic heterocycles. The number of amides is 2. The van der Waals surface area contributed by atoms with Crippen LogP contribution < -0.4 is 15.4 Å². The molecule has 0 unspecified atom stereocenters. The van der Waals surface area contributed by atoms with E-state index in [1.807, 2.05) is 24.3 Å². The number of thioether (sulfide) groups is 1. The van der Waals surface area contributed by atoms with Crippen LogP contribution in [0, 0.1) is 11.3 Å². The fraction of sp³-hybridized carbons (Fsp3) is 0.0800. The van der Waals surface area contributed by atoms with Crippen LogP contribution in [0.15, 0.2) is 89.5 Å². The van der Waals surface area contributed by atoms with Gasteiger partial charge in [0, 0.05) is 16.1 Å². The average Bonchev–Trinajstić information content (AvgIpc) is 2.83. The molecule has 7 heteroatoms. The van der Waals surface area contributed by atoms with Crippen LogP contribution in [-0.2, 0) is 4.79 Å². The lowest BCUT2D eigenvalue weighted by Crippen LogP contribution is -2.30. The zero-order chi connectivity index (χ0) is 22.8. The smallest absolute Gasteiger partial charge is 0.272 e. The normalized spacial score (nSPS) is 10.7. The number of nitriles is 1. The summed E-state index contributed by atoms with van der Waals surface area (Å²) >= 11 is 1.41. The number of ether oxygens (including phenoxy) is 1. The highest BCUT2D eigenvalue weighted by Gasteiger charge is 2.15. The first-order valence-corrected chi connectivity index (χ1v) is 10.7. The highest BCUT2D eigenvalue weighted by Crippen LogP contribution is 2.21. The Bertz CT molecular complexity index is 1150. The maximum absolute atomic E-state index is 13.0. The van der Waals surface area contributed by atoms with Gasteiger partial charge in [0.2, 0.25) is 0 Å². The predicted octanol–water partition coefficient (Wildman–Crippen LogP) is 4.72. The summed E-state index contributed by atoms with van der Waals surface area (Å²) in [5.74, 6) is 0.135. The zero-order valence-corrected chi connectivity index (χ0v) is 18.2. The number of anilines is 1. The summed E-state index contributed by atoms with van der Waals surface area (Å²) in [6.45, 7) is 0. The van der Waals surface area contributed by atoms with Gasteiger partial charge in [-0.15, -0.1) is 11.8 Å². The lowest BCUT2D eigenvalue weighted by atomic mass is 10.1. The molecular formula is C25H21N3O3S. The highest BCUT2D eigenvalue weighted by atomic mass is 32.2. The van der Waals surface area contributed by atoms with E-state index in [9.17, 15) is 9.59 Å². The van der Waals surface area contributed by atoms with Gasteiger partial charge in [-0.05, 0) is 60.2 Å². The lowest BCUT2D eigenvalue weighted by molar-refractivity contribution is -0.113. The van der Waals surface area contributed by atoms with Gasteiger partial charge in [0.05, 0.1) is 18.9 Å². The van der Waals surface area contributed by atoms with Crippen molar-refractivity contribution in [2.24, 2.45) is 0 Å². The van der Waals surface area contributed by atoms with Gasteiger partial charge < -0.3 is 15.4 Å². The van der Waals surface area contributed by atoms with Crippen molar-refractivity contribution in [2.75, 3.05) is 18.2 Å². The number of rotatable bonds is 8. The summed E-state index contributed by atoms with van der Waals surface area (Å²) in [6.07, 6.45) is 1.59. The Morgan fingerprint density at radius 3 is 2.47 bits per heavy atom. The molecule has 0 saturated carbocycles. The van der Waals surface area contributed by atoms with Crippen molar-refractivity contribution in [1.29, 1.82) is 5.26 Å². The number of nitrogens with one attached hydrogen (secondary N) is 2. The first kappa shape index (κ1) is 22.7. The van der Waals surface area contributed by atoms with Crippen molar-refractivity contribution in [1.82, 2.24) is 5.32 Å². The van der Waals surface area contributed by atoms with Crippen LogP contribution in [-0.4, -0.2) is 24.7 Å². The Morgan fingerprint density at radius 2 is 1.78 bits per heavy atom. The molecule has 6 nitrogen and oxygen atoms in total. The SMILES string of the molecule is COc1cccc(/C=C(\NC(=O)c2ccccc2)C(=O)Nc2ccc(SCC#N)cc2)c1. The Balaban J connectivity index is 1.83. The van der Waals surface area contributed by atoms with Crippen LogP contribution in [0.25, 0.3) is 6.08 Å². The third kappa shape index (κ3) is 6.49. The van der Waals surface area contributed by atoms with Crippen LogP contribution in [0.5, 0.6) is 5.75 Å². The molecule has 32 heavy (non-hydrogen) atoms.